The molecule has 8 heavy (non-hydrogen) atoms. The predicted molar refractivity (Wildman–Crippen MR) is 35.4 cm³/mol. The van der Waals surface area contributed by atoms with E-state index in [1.807, 2.05) is 0 Å². The Kier molecular flexibility index (Phi) is 3.20. The van der Waals surface area contributed by atoms with Gasteiger partial charge in [-0.15, -0.1) is 0 Å². The highest BCUT2D eigenvalue weighted by Crippen LogP contribution is 2.29. The van der Waals surface area contributed by atoms with Gasteiger partial charge in [-0.25, -0.2) is 0 Å². The van der Waals surface area contributed by atoms with E-state index in [1.54, 1.807) is 0 Å². The van der Waals surface area contributed by atoms with Gasteiger partial charge in [0, 0.05) is 0 Å². The summed E-state index contributed by atoms with van der Waals surface area (Å²) in [6, 6.07) is 0. The van der Waals surface area contributed by atoms with Gasteiger partial charge in [0.2, 0.25) is 3.79 Å². The van der Waals surface area contributed by atoms with Crippen molar-refractivity contribution < 1.29 is 5.21 Å². The molecule has 0 aliphatic heterocycles. The molecule has 0 spiro atoms. The van der Waals surface area contributed by atoms with Gasteiger partial charge in [-0.3, -0.25) is 0 Å². The van der Waals surface area contributed by atoms with Crippen LogP contribution in [0.3, 0.4) is 0 Å². The van der Waals surface area contributed by atoms with Gasteiger partial charge in [-0.05, 0) is 0 Å². The first-order valence-corrected chi connectivity index (χ1v) is 2.94. The summed E-state index contributed by atoms with van der Waals surface area (Å²) >= 11 is 20.3. The normalized spacial score (nSPS) is 14.2. The van der Waals surface area contributed by atoms with Gasteiger partial charge in [0.1, 0.15) is 0 Å². The first-order chi connectivity index (χ1) is 3.48. The zero-order valence-electron chi connectivity index (χ0n) is 3.41. The Morgan fingerprint density at radius 1 is 1.38 bits per heavy atom. The third kappa shape index (κ3) is 2.82. The molecule has 0 rings (SSSR count). The highest BCUT2D eigenvalue weighted by molar-refractivity contribution is 6.89. The molecule has 0 fully saturated rings. The van der Waals surface area contributed by atoms with Crippen LogP contribution in [0, 0.1) is 0 Å². The lowest BCUT2D eigenvalue weighted by Crippen LogP contribution is -2.11. The lowest BCUT2D eigenvalue weighted by molar-refractivity contribution is 0.320. The number of oxime groups is 1. The Hall–Kier alpha value is 0.630. The molecule has 0 bridgehead atoms. The van der Waals surface area contributed by atoms with Crippen molar-refractivity contribution in [3.63, 3.8) is 0 Å². The molecule has 0 aliphatic carbocycles. The van der Waals surface area contributed by atoms with Crippen LogP contribution in [-0.2, 0) is 0 Å². The maximum Gasteiger partial charge on any atom is 0.246 e. The van der Waals surface area contributed by atoms with Crippen molar-refractivity contribution in [1.29, 1.82) is 0 Å². The van der Waals surface area contributed by atoms with E-state index >= 15 is 0 Å². The predicted octanol–water partition coefficient (Wildman–Crippen LogP) is 2.38. The fourth-order valence-electron chi connectivity index (χ4n) is 0.0567. The summed E-state index contributed by atoms with van der Waals surface area (Å²) in [6.07, 6.45) is 0. The molecule has 0 heterocycles. The van der Waals surface area contributed by atoms with Gasteiger partial charge in [0.25, 0.3) is 0 Å². The Bertz CT molecular complexity index is 105. The number of rotatable bonds is 0. The molecule has 0 aromatic heterocycles. The first-order valence-electron chi connectivity index (χ1n) is 1.43. The van der Waals surface area contributed by atoms with Crippen LogP contribution in [0.4, 0.5) is 0 Å². The molecule has 0 unspecified atom stereocenters. The number of hydrogen-bond donors (Lipinski definition) is 1. The SMILES string of the molecule is ON=C(Cl)C(Cl)(Cl)Cl. The second kappa shape index (κ2) is 2.97. The average Bonchev–Trinajstić information content (AvgIpc) is 1.62. The van der Waals surface area contributed by atoms with Crippen molar-refractivity contribution in [3.05, 3.63) is 0 Å². The number of halogens is 4. The second-order valence-electron chi connectivity index (χ2n) is 0.889. The highest BCUT2D eigenvalue weighted by Gasteiger charge is 2.26. The summed E-state index contributed by atoms with van der Waals surface area (Å²) in [6.45, 7) is 0. The fraction of sp³-hybridized carbons (Fsp3) is 0.500. The summed E-state index contributed by atoms with van der Waals surface area (Å²) in [7, 11) is 0. The topological polar surface area (TPSA) is 32.6 Å². The van der Waals surface area contributed by atoms with Crippen molar-refractivity contribution in [1.82, 2.24) is 0 Å². The Labute approximate surface area is 66.0 Å². The van der Waals surface area contributed by atoms with Crippen LogP contribution < -0.4 is 0 Å². The van der Waals surface area contributed by atoms with Gasteiger partial charge in [0.05, 0.1) is 0 Å². The van der Waals surface area contributed by atoms with Crippen molar-refractivity contribution in [2.45, 2.75) is 3.79 Å². The van der Waals surface area contributed by atoms with Crippen LogP contribution in [0.1, 0.15) is 0 Å². The van der Waals surface area contributed by atoms with Gasteiger partial charge in [-0.1, -0.05) is 51.6 Å². The van der Waals surface area contributed by atoms with E-state index in [0.717, 1.165) is 0 Å². The summed E-state index contributed by atoms with van der Waals surface area (Å²) < 4.78 is -1.81. The summed E-state index contributed by atoms with van der Waals surface area (Å²) in [4.78, 5) is 0. The first kappa shape index (κ1) is 8.63. The van der Waals surface area contributed by atoms with Crippen LogP contribution in [0.2, 0.25) is 0 Å². The van der Waals surface area contributed by atoms with Crippen LogP contribution in [-0.4, -0.2) is 14.2 Å². The van der Waals surface area contributed by atoms with Gasteiger partial charge in [0.15, 0.2) is 5.17 Å². The monoisotopic (exact) mass is 195 g/mol. The largest absolute Gasteiger partial charge is 0.410 e. The maximum absolute atomic E-state index is 7.87. The van der Waals surface area contributed by atoms with Gasteiger partial charge in [-0.2, -0.15) is 0 Å². The molecule has 6 heteroatoms. The summed E-state index contributed by atoms with van der Waals surface area (Å²) in [5.74, 6) is 0. The lowest BCUT2D eigenvalue weighted by Gasteiger charge is -2.03. The van der Waals surface area contributed by atoms with Crippen LogP contribution in [0.25, 0.3) is 0 Å². The number of nitrogens with zero attached hydrogens (tertiary/aromatic N) is 1. The van der Waals surface area contributed by atoms with Crippen LogP contribution in [0.5, 0.6) is 0 Å². The quantitative estimate of drug-likeness (QED) is 0.275. The maximum atomic E-state index is 7.87. The van der Waals surface area contributed by atoms with Crippen molar-refractivity contribution in [3.8, 4) is 0 Å². The zero-order valence-corrected chi connectivity index (χ0v) is 6.43. The van der Waals surface area contributed by atoms with E-state index in [-0.39, 0.29) is 0 Å². The minimum absolute atomic E-state index is 0.470. The van der Waals surface area contributed by atoms with Crippen molar-refractivity contribution in [2.24, 2.45) is 5.16 Å². The third-order valence-electron chi connectivity index (χ3n) is 0.322. The van der Waals surface area contributed by atoms with Crippen LogP contribution in [0.15, 0.2) is 5.16 Å². The van der Waals surface area contributed by atoms with Gasteiger partial charge < -0.3 is 5.21 Å². The van der Waals surface area contributed by atoms with Crippen molar-refractivity contribution in [2.75, 3.05) is 0 Å². The van der Waals surface area contributed by atoms with E-state index < -0.39 is 8.96 Å². The molecule has 0 radical (unpaired) electrons. The summed E-state index contributed by atoms with van der Waals surface area (Å²) in [5.41, 5.74) is 0. The molecule has 0 aromatic carbocycles. The van der Waals surface area contributed by atoms with E-state index in [9.17, 15) is 0 Å². The second-order valence-corrected chi connectivity index (χ2v) is 3.53. The molecule has 0 amide bonds. The van der Waals surface area contributed by atoms with Crippen LogP contribution >= 0.6 is 46.4 Å². The summed E-state index contributed by atoms with van der Waals surface area (Å²) in [5, 5.41) is 9.85. The Morgan fingerprint density at radius 2 is 1.75 bits per heavy atom. The van der Waals surface area contributed by atoms with E-state index in [4.69, 9.17) is 51.6 Å². The molecule has 0 saturated carbocycles. The lowest BCUT2D eigenvalue weighted by atomic mass is 10.8. The smallest absolute Gasteiger partial charge is 0.246 e. The molecule has 2 nitrogen and oxygen atoms in total. The van der Waals surface area contributed by atoms with E-state index in [1.165, 1.54) is 0 Å². The molecule has 48 valence electrons. The molecule has 1 N–H and O–H groups in total. The Morgan fingerprint density at radius 3 is 1.75 bits per heavy atom. The van der Waals surface area contributed by atoms with Crippen molar-refractivity contribution >= 4 is 51.6 Å². The number of alkyl halides is 3. The molecule has 0 aromatic rings. The minimum Gasteiger partial charge on any atom is -0.410 e. The highest BCUT2D eigenvalue weighted by atomic mass is 35.6. The number of hydrogen-bond acceptors (Lipinski definition) is 2. The molecular weight excluding hydrogens is 196 g/mol. The van der Waals surface area contributed by atoms with E-state index in [0.29, 0.717) is 0 Å². The molecule has 0 atom stereocenters. The van der Waals surface area contributed by atoms with E-state index in [2.05, 4.69) is 5.16 Å². The molecular formula is C2HCl4NO. The Balaban J connectivity index is 4.03. The molecule has 0 aliphatic rings. The standard InChI is InChI=1S/C2HCl4NO/c3-1(7-8)2(4,5)6/h8H. The minimum atomic E-state index is -1.81. The third-order valence-corrected chi connectivity index (χ3v) is 1.51. The fourth-order valence-corrected chi connectivity index (χ4v) is 0.170. The van der Waals surface area contributed by atoms with Gasteiger partial charge >= 0.3 is 0 Å². The molecule has 0 saturated heterocycles. The zero-order chi connectivity index (χ0) is 6.78. The average molecular weight is 197 g/mol.